The molecule has 0 spiro atoms. The van der Waals surface area contributed by atoms with Gasteiger partial charge < -0.3 is 13.9 Å². The van der Waals surface area contributed by atoms with Gasteiger partial charge in [0.1, 0.15) is 19.0 Å². The molecule has 8 heteroatoms. The molecule has 0 saturated carbocycles. The summed E-state index contributed by atoms with van der Waals surface area (Å²) in [6.45, 7) is 1.07. The van der Waals surface area contributed by atoms with E-state index in [0.717, 1.165) is 5.56 Å². The zero-order valence-electron chi connectivity index (χ0n) is 14.9. The van der Waals surface area contributed by atoms with Crippen LogP contribution >= 0.6 is 11.6 Å². The number of hydrogen-bond acceptors (Lipinski definition) is 5. The Morgan fingerprint density at radius 3 is 2.50 bits per heavy atom. The van der Waals surface area contributed by atoms with E-state index in [9.17, 15) is 8.42 Å². The summed E-state index contributed by atoms with van der Waals surface area (Å²) < 4.78 is 44.5. The highest BCUT2D eigenvalue weighted by molar-refractivity contribution is 7.89. The molecular formula is C20H18ClNO5S. The highest BCUT2D eigenvalue weighted by Gasteiger charge is 2.27. The fourth-order valence-corrected chi connectivity index (χ4v) is 4.60. The van der Waals surface area contributed by atoms with Crippen LogP contribution in [0.4, 0.5) is 0 Å². The number of furan rings is 1. The van der Waals surface area contributed by atoms with Gasteiger partial charge >= 0.3 is 0 Å². The van der Waals surface area contributed by atoms with Gasteiger partial charge in [-0.05, 0) is 42.0 Å². The molecule has 3 aromatic rings. The summed E-state index contributed by atoms with van der Waals surface area (Å²) >= 11 is 6.06. The molecule has 0 N–H and O–H groups in total. The number of rotatable bonds is 6. The fourth-order valence-electron chi connectivity index (χ4n) is 2.97. The Kier molecular flexibility index (Phi) is 5.30. The lowest BCUT2D eigenvalue weighted by molar-refractivity contribution is 0.171. The van der Waals surface area contributed by atoms with E-state index >= 15 is 0 Å². The van der Waals surface area contributed by atoms with Gasteiger partial charge in [0.2, 0.25) is 10.0 Å². The normalized spacial score (nSPS) is 13.6. The maximum Gasteiger partial charge on any atom is 0.243 e. The molecule has 28 heavy (non-hydrogen) atoms. The minimum Gasteiger partial charge on any atom is -0.486 e. The Hall–Kier alpha value is -2.48. The quantitative estimate of drug-likeness (QED) is 0.601. The highest BCUT2D eigenvalue weighted by atomic mass is 35.5. The van der Waals surface area contributed by atoms with Crippen LogP contribution in [0.5, 0.6) is 11.5 Å². The van der Waals surface area contributed by atoms with Crippen molar-refractivity contribution < 1.29 is 22.3 Å². The van der Waals surface area contributed by atoms with Crippen molar-refractivity contribution in [1.29, 1.82) is 0 Å². The molecule has 2 heterocycles. The van der Waals surface area contributed by atoms with Crippen molar-refractivity contribution in [3.8, 4) is 11.5 Å². The summed E-state index contributed by atoms with van der Waals surface area (Å²) in [4.78, 5) is 0.130. The SMILES string of the molecule is O=S(=O)(c1ccc2c(c1)OCCO2)N(Cc1cccc(Cl)c1)Cc1ccco1. The molecule has 0 saturated heterocycles. The van der Waals surface area contributed by atoms with Crippen molar-refractivity contribution in [2.75, 3.05) is 13.2 Å². The van der Waals surface area contributed by atoms with E-state index in [0.29, 0.717) is 35.5 Å². The lowest BCUT2D eigenvalue weighted by atomic mass is 10.2. The van der Waals surface area contributed by atoms with Crippen LogP contribution in [0.15, 0.2) is 70.2 Å². The molecule has 6 nitrogen and oxygen atoms in total. The van der Waals surface area contributed by atoms with Crippen LogP contribution in [0, 0.1) is 0 Å². The zero-order chi connectivity index (χ0) is 19.6. The molecule has 146 valence electrons. The highest BCUT2D eigenvalue weighted by Crippen LogP contribution is 2.34. The second-order valence-corrected chi connectivity index (χ2v) is 8.66. The summed E-state index contributed by atoms with van der Waals surface area (Å²) in [6.07, 6.45) is 1.52. The molecular weight excluding hydrogens is 402 g/mol. The van der Waals surface area contributed by atoms with Crippen molar-refractivity contribution in [2.24, 2.45) is 0 Å². The molecule has 0 atom stereocenters. The minimum atomic E-state index is -3.83. The molecule has 1 aromatic heterocycles. The van der Waals surface area contributed by atoms with E-state index in [2.05, 4.69) is 0 Å². The van der Waals surface area contributed by atoms with E-state index in [4.69, 9.17) is 25.5 Å². The average molecular weight is 420 g/mol. The molecule has 0 amide bonds. The molecule has 0 radical (unpaired) electrons. The minimum absolute atomic E-state index is 0.0935. The van der Waals surface area contributed by atoms with Crippen molar-refractivity contribution >= 4 is 21.6 Å². The van der Waals surface area contributed by atoms with Crippen LogP contribution in [0.2, 0.25) is 5.02 Å². The van der Waals surface area contributed by atoms with Gasteiger partial charge in [-0.2, -0.15) is 4.31 Å². The van der Waals surface area contributed by atoms with Crippen LogP contribution < -0.4 is 9.47 Å². The Balaban J connectivity index is 1.69. The van der Waals surface area contributed by atoms with Gasteiger partial charge in [0.15, 0.2) is 11.5 Å². The Morgan fingerprint density at radius 2 is 1.75 bits per heavy atom. The lowest BCUT2D eigenvalue weighted by Gasteiger charge is -2.23. The van der Waals surface area contributed by atoms with E-state index in [1.807, 2.05) is 6.07 Å². The number of fused-ring (bicyclic) bond motifs is 1. The van der Waals surface area contributed by atoms with Gasteiger partial charge in [0.25, 0.3) is 0 Å². The van der Waals surface area contributed by atoms with Crippen molar-refractivity contribution in [3.05, 3.63) is 77.2 Å². The third kappa shape index (κ3) is 4.01. The monoisotopic (exact) mass is 419 g/mol. The van der Waals surface area contributed by atoms with Crippen molar-refractivity contribution in [3.63, 3.8) is 0 Å². The van der Waals surface area contributed by atoms with Crippen LogP contribution in [0.1, 0.15) is 11.3 Å². The third-order valence-electron chi connectivity index (χ3n) is 4.31. The fraction of sp³-hybridized carbons (Fsp3) is 0.200. The number of hydrogen-bond donors (Lipinski definition) is 0. The first-order valence-corrected chi connectivity index (χ1v) is 10.5. The standard InChI is InChI=1S/C20H18ClNO5S/c21-16-4-1-3-15(11-16)13-22(14-17-5-2-8-25-17)28(23,24)18-6-7-19-20(12-18)27-10-9-26-19/h1-8,11-12H,9-10,13-14H2. The number of benzene rings is 2. The van der Waals surface area contributed by atoms with E-state index < -0.39 is 10.0 Å². The second-order valence-electron chi connectivity index (χ2n) is 6.29. The molecule has 2 aromatic carbocycles. The third-order valence-corrected chi connectivity index (χ3v) is 6.33. The molecule has 1 aliphatic rings. The van der Waals surface area contributed by atoms with E-state index in [1.54, 1.807) is 36.4 Å². The molecule has 0 aliphatic carbocycles. The van der Waals surface area contributed by atoms with Crippen molar-refractivity contribution in [1.82, 2.24) is 4.31 Å². The predicted molar refractivity (Wildman–Crippen MR) is 104 cm³/mol. The van der Waals surface area contributed by atoms with Gasteiger partial charge in [-0.3, -0.25) is 0 Å². The van der Waals surface area contributed by atoms with Gasteiger partial charge in [-0.25, -0.2) is 8.42 Å². The largest absolute Gasteiger partial charge is 0.486 e. The summed E-state index contributed by atoms with van der Waals surface area (Å²) in [5, 5.41) is 0.548. The van der Waals surface area contributed by atoms with Crippen LogP contribution in [-0.4, -0.2) is 25.9 Å². The van der Waals surface area contributed by atoms with Gasteiger partial charge in [-0.15, -0.1) is 0 Å². The van der Waals surface area contributed by atoms with Crippen LogP contribution in [0.3, 0.4) is 0 Å². The second kappa shape index (κ2) is 7.87. The summed E-state index contributed by atoms with van der Waals surface area (Å²) in [7, 11) is -3.83. The molecule has 1 aliphatic heterocycles. The maximum atomic E-state index is 13.4. The number of nitrogens with zero attached hydrogens (tertiary/aromatic N) is 1. The number of sulfonamides is 1. The maximum absolute atomic E-state index is 13.4. The van der Waals surface area contributed by atoms with Gasteiger partial charge in [-0.1, -0.05) is 23.7 Å². The average Bonchev–Trinajstić information content (AvgIpc) is 3.20. The van der Waals surface area contributed by atoms with Crippen LogP contribution in [0.25, 0.3) is 0 Å². The molecule has 0 bridgehead atoms. The Bertz CT molecular complexity index is 1070. The topological polar surface area (TPSA) is 69.0 Å². The van der Waals surface area contributed by atoms with Gasteiger partial charge in [0.05, 0.1) is 17.7 Å². The first kappa shape index (κ1) is 18.9. The van der Waals surface area contributed by atoms with E-state index in [-0.39, 0.29) is 18.0 Å². The Labute approximate surface area is 168 Å². The zero-order valence-corrected chi connectivity index (χ0v) is 16.4. The number of halogens is 1. The smallest absolute Gasteiger partial charge is 0.243 e. The lowest BCUT2D eigenvalue weighted by Crippen LogP contribution is -2.30. The summed E-state index contributed by atoms with van der Waals surface area (Å²) in [6, 6.07) is 15.2. The first-order valence-electron chi connectivity index (χ1n) is 8.69. The predicted octanol–water partition coefficient (Wildman–Crippen LogP) is 4.10. The number of ether oxygens (including phenoxy) is 2. The Morgan fingerprint density at radius 1 is 0.929 bits per heavy atom. The molecule has 0 fully saturated rings. The first-order chi connectivity index (χ1) is 13.5. The van der Waals surface area contributed by atoms with Crippen LogP contribution in [-0.2, 0) is 23.1 Å². The molecule has 4 rings (SSSR count). The molecule has 0 unspecified atom stereocenters. The van der Waals surface area contributed by atoms with Crippen molar-refractivity contribution in [2.45, 2.75) is 18.0 Å². The summed E-state index contributed by atoms with van der Waals surface area (Å²) in [5.74, 6) is 1.51. The van der Waals surface area contributed by atoms with Gasteiger partial charge in [0, 0.05) is 17.6 Å². The summed E-state index contributed by atoms with van der Waals surface area (Å²) in [5.41, 5.74) is 0.778. The van der Waals surface area contributed by atoms with E-state index in [1.165, 1.54) is 22.7 Å².